The van der Waals surface area contributed by atoms with E-state index in [2.05, 4.69) is 10.6 Å². The van der Waals surface area contributed by atoms with E-state index >= 15 is 0 Å². The van der Waals surface area contributed by atoms with E-state index in [1.165, 1.54) is 11.8 Å². The van der Waals surface area contributed by atoms with Crippen molar-refractivity contribution in [3.05, 3.63) is 65.7 Å². The van der Waals surface area contributed by atoms with E-state index < -0.39 is 0 Å². The molecule has 0 aliphatic heterocycles. The summed E-state index contributed by atoms with van der Waals surface area (Å²) in [6.07, 6.45) is 0. The van der Waals surface area contributed by atoms with Gasteiger partial charge in [0.05, 0.1) is 0 Å². The first-order chi connectivity index (χ1) is 10.7. The molecule has 0 heterocycles. The highest BCUT2D eigenvalue weighted by atomic mass is 32.2. The maximum Gasteiger partial charge on any atom is 0.251 e. The van der Waals surface area contributed by atoms with Crippen molar-refractivity contribution in [2.75, 3.05) is 11.1 Å². The molecule has 1 amide bonds. The summed E-state index contributed by atoms with van der Waals surface area (Å²) in [5.41, 5.74) is 2.50. The molecule has 0 saturated heterocycles. The Morgan fingerprint density at radius 3 is 2.64 bits per heavy atom. The molecule has 22 heavy (non-hydrogen) atoms. The van der Waals surface area contributed by atoms with Gasteiger partial charge in [-0.1, -0.05) is 49.0 Å². The van der Waals surface area contributed by atoms with E-state index in [0.717, 1.165) is 17.0 Å². The number of carbonyl (C=O) groups is 1. The second-order valence-electron chi connectivity index (χ2n) is 4.64. The van der Waals surface area contributed by atoms with Gasteiger partial charge in [0.2, 0.25) is 0 Å². The molecule has 0 saturated carbocycles. The lowest BCUT2D eigenvalue weighted by molar-refractivity contribution is 0.0951. The van der Waals surface area contributed by atoms with E-state index in [-0.39, 0.29) is 5.91 Å². The van der Waals surface area contributed by atoms with Crippen molar-refractivity contribution in [1.29, 1.82) is 5.41 Å². The summed E-state index contributed by atoms with van der Waals surface area (Å²) in [6, 6.07) is 16.9. The Labute approximate surface area is 134 Å². The lowest BCUT2D eigenvalue weighted by atomic mass is 10.2. The van der Waals surface area contributed by atoms with E-state index in [1.54, 1.807) is 12.1 Å². The van der Waals surface area contributed by atoms with Crippen LogP contribution in [0.2, 0.25) is 0 Å². The molecule has 0 spiro atoms. The fourth-order valence-electron chi connectivity index (χ4n) is 1.94. The normalized spacial score (nSPS) is 10.0. The lowest BCUT2D eigenvalue weighted by Gasteiger charge is -2.09. The number of amidine groups is 1. The van der Waals surface area contributed by atoms with E-state index in [4.69, 9.17) is 5.41 Å². The Bertz CT molecular complexity index is 643. The largest absolute Gasteiger partial charge is 0.348 e. The summed E-state index contributed by atoms with van der Waals surface area (Å²) >= 11 is 1.45. The molecule has 2 aromatic carbocycles. The van der Waals surface area contributed by atoms with Crippen molar-refractivity contribution in [2.24, 2.45) is 0 Å². The predicted octanol–water partition coefficient (Wildman–Crippen LogP) is 3.72. The summed E-state index contributed by atoms with van der Waals surface area (Å²) in [5.74, 6) is 0.770. The minimum Gasteiger partial charge on any atom is -0.348 e. The molecule has 0 aliphatic rings. The molecule has 114 valence electrons. The molecule has 0 unspecified atom stereocenters. The average molecular weight is 313 g/mol. The number of nitrogens with one attached hydrogen (secondary N) is 3. The van der Waals surface area contributed by atoms with Crippen LogP contribution in [0.4, 0.5) is 5.69 Å². The number of rotatable bonds is 5. The van der Waals surface area contributed by atoms with Gasteiger partial charge < -0.3 is 10.6 Å². The van der Waals surface area contributed by atoms with Crippen molar-refractivity contribution in [3.8, 4) is 0 Å². The number of hydrogen-bond acceptors (Lipinski definition) is 3. The van der Waals surface area contributed by atoms with Crippen molar-refractivity contribution in [2.45, 2.75) is 13.5 Å². The van der Waals surface area contributed by atoms with E-state index in [0.29, 0.717) is 17.3 Å². The summed E-state index contributed by atoms with van der Waals surface area (Å²) in [6.45, 7) is 2.47. The molecule has 0 bridgehead atoms. The van der Waals surface area contributed by atoms with Crippen LogP contribution in [-0.2, 0) is 6.54 Å². The van der Waals surface area contributed by atoms with Crippen LogP contribution in [0.25, 0.3) is 0 Å². The summed E-state index contributed by atoms with van der Waals surface area (Å²) in [7, 11) is 0. The first-order valence-corrected chi connectivity index (χ1v) is 8.08. The minimum absolute atomic E-state index is 0.0896. The summed E-state index contributed by atoms with van der Waals surface area (Å²) in [4.78, 5) is 12.0. The third-order valence-electron chi connectivity index (χ3n) is 2.96. The minimum atomic E-state index is -0.0896. The van der Waals surface area contributed by atoms with Crippen LogP contribution in [0, 0.1) is 5.41 Å². The van der Waals surface area contributed by atoms with Gasteiger partial charge in [0.1, 0.15) is 0 Å². The Morgan fingerprint density at radius 1 is 1.14 bits per heavy atom. The van der Waals surface area contributed by atoms with E-state index in [1.807, 2.05) is 49.4 Å². The van der Waals surface area contributed by atoms with Crippen LogP contribution in [0.5, 0.6) is 0 Å². The highest BCUT2D eigenvalue weighted by Crippen LogP contribution is 2.13. The fourth-order valence-corrected chi connectivity index (χ4v) is 2.42. The number of anilines is 1. The Hall–Kier alpha value is -2.27. The molecule has 0 atom stereocenters. The van der Waals surface area contributed by atoms with Crippen molar-refractivity contribution < 1.29 is 4.79 Å². The van der Waals surface area contributed by atoms with Crippen LogP contribution in [0.3, 0.4) is 0 Å². The number of amides is 1. The third-order valence-corrected chi connectivity index (χ3v) is 3.64. The molecular formula is C17H19N3OS. The van der Waals surface area contributed by atoms with Gasteiger partial charge in [0.15, 0.2) is 5.17 Å². The number of benzene rings is 2. The maximum atomic E-state index is 12.0. The average Bonchev–Trinajstić information content (AvgIpc) is 2.54. The van der Waals surface area contributed by atoms with E-state index in [9.17, 15) is 4.79 Å². The quantitative estimate of drug-likeness (QED) is 0.582. The van der Waals surface area contributed by atoms with Gasteiger partial charge >= 0.3 is 0 Å². The zero-order valence-electron chi connectivity index (χ0n) is 12.4. The molecule has 2 aromatic rings. The maximum absolute atomic E-state index is 12.0. The van der Waals surface area contributed by atoms with Crippen molar-refractivity contribution >= 4 is 28.5 Å². The lowest BCUT2D eigenvalue weighted by Crippen LogP contribution is -2.22. The highest BCUT2D eigenvalue weighted by molar-refractivity contribution is 8.14. The van der Waals surface area contributed by atoms with Crippen LogP contribution < -0.4 is 10.6 Å². The Balaban J connectivity index is 1.93. The van der Waals surface area contributed by atoms with Gasteiger partial charge in [-0.3, -0.25) is 10.2 Å². The first kappa shape index (κ1) is 16.1. The van der Waals surface area contributed by atoms with Gasteiger partial charge in [-0.2, -0.15) is 0 Å². The molecular weight excluding hydrogens is 294 g/mol. The monoisotopic (exact) mass is 313 g/mol. The fraction of sp³-hybridized carbons (Fsp3) is 0.176. The third kappa shape index (κ3) is 4.93. The summed E-state index contributed by atoms with van der Waals surface area (Å²) in [5, 5.41) is 14.1. The number of hydrogen-bond donors (Lipinski definition) is 3. The van der Waals surface area contributed by atoms with Crippen LogP contribution >= 0.6 is 11.8 Å². The number of carbonyl (C=O) groups excluding carboxylic acids is 1. The molecule has 4 nitrogen and oxygen atoms in total. The SMILES string of the molecule is CCSC(=N)Nc1cccc(CNC(=O)c2ccccc2)c1. The molecule has 0 aromatic heterocycles. The molecule has 3 N–H and O–H groups in total. The predicted molar refractivity (Wildman–Crippen MR) is 93.5 cm³/mol. The Morgan fingerprint density at radius 2 is 1.91 bits per heavy atom. The smallest absolute Gasteiger partial charge is 0.251 e. The Kier molecular flexibility index (Phi) is 6.03. The van der Waals surface area contributed by atoms with Crippen LogP contribution in [-0.4, -0.2) is 16.8 Å². The highest BCUT2D eigenvalue weighted by Gasteiger charge is 2.04. The van der Waals surface area contributed by atoms with Crippen molar-refractivity contribution in [1.82, 2.24) is 5.32 Å². The summed E-state index contributed by atoms with van der Waals surface area (Å²) < 4.78 is 0. The van der Waals surface area contributed by atoms with Crippen molar-refractivity contribution in [3.63, 3.8) is 0 Å². The molecule has 0 radical (unpaired) electrons. The molecule has 5 heteroatoms. The molecule has 0 fully saturated rings. The van der Waals surface area contributed by atoms with Crippen LogP contribution in [0.15, 0.2) is 54.6 Å². The standard InChI is InChI=1S/C17H19N3OS/c1-2-22-17(18)20-15-10-6-7-13(11-15)12-19-16(21)14-8-4-3-5-9-14/h3-11H,2,12H2,1H3,(H2,18,20)(H,19,21). The second kappa shape index (κ2) is 8.24. The van der Waals surface area contributed by atoms with Gasteiger partial charge in [-0.05, 0) is 35.6 Å². The first-order valence-electron chi connectivity index (χ1n) is 7.09. The second-order valence-corrected chi connectivity index (χ2v) is 5.91. The molecule has 0 aliphatic carbocycles. The zero-order valence-corrected chi connectivity index (χ0v) is 13.2. The zero-order chi connectivity index (χ0) is 15.8. The number of thioether (sulfide) groups is 1. The van der Waals surface area contributed by atoms with Gasteiger partial charge in [0, 0.05) is 17.8 Å². The topological polar surface area (TPSA) is 65.0 Å². The van der Waals surface area contributed by atoms with Gasteiger partial charge in [0.25, 0.3) is 5.91 Å². The van der Waals surface area contributed by atoms with Crippen LogP contribution in [0.1, 0.15) is 22.8 Å². The molecule has 2 rings (SSSR count). The van der Waals surface area contributed by atoms with Gasteiger partial charge in [-0.15, -0.1) is 0 Å². The van der Waals surface area contributed by atoms with Gasteiger partial charge in [-0.25, -0.2) is 0 Å².